The summed E-state index contributed by atoms with van der Waals surface area (Å²) >= 11 is 10.7. The lowest BCUT2D eigenvalue weighted by Gasteiger charge is -1.87. The van der Waals surface area contributed by atoms with Crippen LogP contribution in [-0.4, -0.2) is 5.88 Å². The third-order valence-corrected chi connectivity index (χ3v) is 1.29. The number of alkyl halides is 1. The third-order valence-electron chi connectivity index (χ3n) is 0.844. The zero-order chi connectivity index (χ0) is 6.24. The molecule has 0 N–H and O–H groups in total. The summed E-state index contributed by atoms with van der Waals surface area (Å²) in [6.07, 6.45) is 5.22. The van der Waals surface area contributed by atoms with Gasteiger partial charge >= 0.3 is 0 Å². The predicted molar refractivity (Wildman–Crippen MR) is 39.6 cm³/mol. The van der Waals surface area contributed by atoms with Gasteiger partial charge in [-0.1, -0.05) is 17.7 Å². The Kier molecular flexibility index (Phi) is 7.61. The van der Waals surface area contributed by atoms with Crippen molar-refractivity contribution in [3.63, 3.8) is 0 Å². The summed E-state index contributed by atoms with van der Waals surface area (Å²) in [6, 6.07) is 0. The molecule has 0 unspecified atom stereocenters. The highest BCUT2D eigenvalue weighted by Crippen LogP contribution is 1.98. The van der Waals surface area contributed by atoms with E-state index in [1.165, 1.54) is 0 Å². The molecule has 0 radical (unpaired) electrons. The first-order valence-electron chi connectivity index (χ1n) is 2.73. The van der Waals surface area contributed by atoms with Gasteiger partial charge in [-0.15, -0.1) is 11.6 Å². The highest BCUT2D eigenvalue weighted by Gasteiger charge is 1.80. The maximum absolute atomic E-state index is 5.42. The van der Waals surface area contributed by atoms with Crippen LogP contribution in [0.4, 0.5) is 0 Å². The molecule has 0 aliphatic heterocycles. The number of halogens is 2. The molecule has 0 spiro atoms. The fourth-order valence-electron chi connectivity index (χ4n) is 0.420. The minimum Gasteiger partial charge on any atom is -0.127 e. The fraction of sp³-hybridized carbons (Fsp3) is 0.667. The van der Waals surface area contributed by atoms with Gasteiger partial charge in [-0.3, -0.25) is 0 Å². The highest BCUT2D eigenvalue weighted by atomic mass is 35.5. The molecular formula is C6H10Cl2. The van der Waals surface area contributed by atoms with Crippen LogP contribution >= 0.6 is 23.2 Å². The summed E-state index contributed by atoms with van der Waals surface area (Å²) in [6.45, 7) is 0. The van der Waals surface area contributed by atoms with Gasteiger partial charge < -0.3 is 0 Å². The van der Waals surface area contributed by atoms with Crippen LogP contribution in [0.15, 0.2) is 11.6 Å². The average molecular weight is 153 g/mol. The lowest BCUT2D eigenvalue weighted by atomic mass is 10.2. The Morgan fingerprint density at radius 1 is 1.25 bits per heavy atom. The second-order valence-corrected chi connectivity index (χ2v) is 2.18. The van der Waals surface area contributed by atoms with E-state index in [0.717, 1.165) is 25.1 Å². The molecule has 0 rings (SSSR count). The van der Waals surface area contributed by atoms with Gasteiger partial charge in [0.1, 0.15) is 0 Å². The van der Waals surface area contributed by atoms with Crippen molar-refractivity contribution in [1.29, 1.82) is 0 Å². The Labute approximate surface area is 60.5 Å². The molecule has 0 amide bonds. The monoisotopic (exact) mass is 152 g/mol. The van der Waals surface area contributed by atoms with Crippen LogP contribution in [0.1, 0.15) is 19.3 Å². The normalized spacial score (nSPS) is 10.8. The second-order valence-electron chi connectivity index (χ2n) is 1.55. The van der Waals surface area contributed by atoms with Gasteiger partial charge in [0, 0.05) is 11.4 Å². The standard InChI is InChI=1S/C6H10Cl2/c7-5-3-1-2-4-6-8/h3,5H,1-2,4,6H2. The van der Waals surface area contributed by atoms with E-state index in [0.29, 0.717) is 0 Å². The van der Waals surface area contributed by atoms with Crippen molar-refractivity contribution in [2.75, 3.05) is 5.88 Å². The lowest BCUT2D eigenvalue weighted by Crippen LogP contribution is -1.72. The quantitative estimate of drug-likeness (QED) is 0.429. The molecule has 48 valence electrons. The van der Waals surface area contributed by atoms with Gasteiger partial charge in [0.15, 0.2) is 0 Å². The van der Waals surface area contributed by atoms with E-state index >= 15 is 0 Å². The van der Waals surface area contributed by atoms with Crippen LogP contribution < -0.4 is 0 Å². The first-order chi connectivity index (χ1) is 3.91. The van der Waals surface area contributed by atoms with Gasteiger partial charge in [-0.05, 0) is 19.3 Å². The van der Waals surface area contributed by atoms with Crippen LogP contribution in [0.5, 0.6) is 0 Å². The van der Waals surface area contributed by atoms with E-state index < -0.39 is 0 Å². The molecule has 0 atom stereocenters. The molecule has 0 bridgehead atoms. The van der Waals surface area contributed by atoms with Crippen molar-refractivity contribution in [3.05, 3.63) is 11.6 Å². The van der Waals surface area contributed by atoms with Gasteiger partial charge in [0.2, 0.25) is 0 Å². The van der Waals surface area contributed by atoms with Gasteiger partial charge in [0.05, 0.1) is 0 Å². The van der Waals surface area contributed by atoms with Crippen LogP contribution in [0.25, 0.3) is 0 Å². The number of hydrogen-bond donors (Lipinski definition) is 0. The molecule has 0 heterocycles. The van der Waals surface area contributed by atoms with E-state index in [2.05, 4.69) is 0 Å². The van der Waals surface area contributed by atoms with Crippen LogP contribution in [0.3, 0.4) is 0 Å². The summed E-state index contributed by atoms with van der Waals surface area (Å²) in [5, 5.41) is 0. The maximum atomic E-state index is 5.42. The first-order valence-corrected chi connectivity index (χ1v) is 3.70. The van der Waals surface area contributed by atoms with Gasteiger partial charge in [0.25, 0.3) is 0 Å². The summed E-state index contributed by atoms with van der Waals surface area (Å²) in [7, 11) is 0. The third kappa shape index (κ3) is 6.32. The molecular weight excluding hydrogens is 143 g/mol. The molecule has 0 aromatic rings. The Hall–Kier alpha value is 0.320. The van der Waals surface area contributed by atoms with E-state index in [1.54, 1.807) is 5.54 Å². The second kappa shape index (κ2) is 7.32. The largest absolute Gasteiger partial charge is 0.127 e. The van der Waals surface area contributed by atoms with Crippen molar-refractivity contribution in [1.82, 2.24) is 0 Å². The van der Waals surface area contributed by atoms with Gasteiger partial charge in [-0.2, -0.15) is 0 Å². The number of hydrogen-bond acceptors (Lipinski definition) is 0. The van der Waals surface area contributed by atoms with Crippen molar-refractivity contribution in [2.45, 2.75) is 19.3 Å². The predicted octanol–water partition coefficient (Wildman–Crippen LogP) is 3.15. The molecule has 0 aliphatic rings. The number of allylic oxidation sites excluding steroid dienone is 1. The van der Waals surface area contributed by atoms with Gasteiger partial charge in [-0.25, -0.2) is 0 Å². The topological polar surface area (TPSA) is 0 Å². The minimum atomic E-state index is 0.760. The Bertz CT molecular complexity index is 59.5. The summed E-state index contributed by atoms with van der Waals surface area (Å²) in [5.74, 6) is 0.760. The number of unbranched alkanes of at least 4 members (excludes halogenated alkanes) is 2. The molecule has 2 heteroatoms. The van der Waals surface area contributed by atoms with Crippen molar-refractivity contribution in [3.8, 4) is 0 Å². The van der Waals surface area contributed by atoms with E-state index in [4.69, 9.17) is 23.2 Å². The highest BCUT2D eigenvalue weighted by molar-refractivity contribution is 6.25. The van der Waals surface area contributed by atoms with Crippen LogP contribution in [0, 0.1) is 0 Å². The molecule has 0 fully saturated rings. The fourth-order valence-corrected chi connectivity index (χ4v) is 0.735. The number of rotatable bonds is 4. The summed E-state index contributed by atoms with van der Waals surface area (Å²) in [4.78, 5) is 0. The zero-order valence-corrected chi connectivity index (χ0v) is 6.25. The molecule has 0 aliphatic carbocycles. The molecule has 0 saturated heterocycles. The van der Waals surface area contributed by atoms with Crippen molar-refractivity contribution >= 4 is 23.2 Å². The van der Waals surface area contributed by atoms with E-state index in [1.807, 2.05) is 6.08 Å². The van der Waals surface area contributed by atoms with E-state index in [-0.39, 0.29) is 0 Å². The lowest BCUT2D eigenvalue weighted by molar-refractivity contribution is 0.820. The van der Waals surface area contributed by atoms with Crippen molar-refractivity contribution in [2.24, 2.45) is 0 Å². The van der Waals surface area contributed by atoms with E-state index in [9.17, 15) is 0 Å². The van der Waals surface area contributed by atoms with Crippen molar-refractivity contribution < 1.29 is 0 Å². The molecule has 0 nitrogen and oxygen atoms in total. The first kappa shape index (κ1) is 8.32. The molecule has 0 aromatic carbocycles. The molecule has 8 heavy (non-hydrogen) atoms. The van der Waals surface area contributed by atoms with Crippen LogP contribution in [-0.2, 0) is 0 Å². The SMILES string of the molecule is ClC=CCCCCCl. The minimum absolute atomic E-state index is 0.760. The Balaban J connectivity index is 2.72. The Morgan fingerprint density at radius 2 is 2.00 bits per heavy atom. The van der Waals surface area contributed by atoms with Crippen LogP contribution in [0.2, 0.25) is 0 Å². The zero-order valence-electron chi connectivity index (χ0n) is 4.74. The Morgan fingerprint density at radius 3 is 2.50 bits per heavy atom. The smallest absolute Gasteiger partial charge is 0.0223 e. The summed E-state index contributed by atoms with van der Waals surface area (Å²) < 4.78 is 0. The molecule has 0 saturated carbocycles. The maximum Gasteiger partial charge on any atom is 0.0223 e. The average Bonchev–Trinajstić information content (AvgIpc) is 1.81. The summed E-state index contributed by atoms with van der Waals surface area (Å²) in [5.41, 5.74) is 1.55. The molecule has 0 aromatic heterocycles.